The summed E-state index contributed by atoms with van der Waals surface area (Å²) in [5.74, 6) is 0.137. The van der Waals surface area contributed by atoms with Crippen LogP contribution in [0.25, 0.3) is 0 Å². The number of alkyl halides is 2. The monoisotopic (exact) mass is 412 g/mol. The smallest absolute Gasteiger partial charge is 0.150 e. The SMILES string of the molecule is O=S1(=O)CCC(C(CBr)(CBr)c2cccc(F)c2)C1. The molecule has 1 saturated heterocycles. The topological polar surface area (TPSA) is 34.1 Å². The fourth-order valence-corrected chi connectivity index (χ4v) is 7.07. The van der Waals surface area contributed by atoms with Gasteiger partial charge in [0.2, 0.25) is 0 Å². The Bertz CT molecular complexity index is 556. The minimum absolute atomic E-state index is 0.0121. The molecule has 1 heterocycles. The van der Waals surface area contributed by atoms with E-state index in [1.807, 2.05) is 6.07 Å². The molecule has 2 rings (SSSR count). The van der Waals surface area contributed by atoms with Crippen LogP contribution in [0.5, 0.6) is 0 Å². The largest absolute Gasteiger partial charge is 0.229 e. The van der Waals surface area contributed by atoms with Crippen LogP contribution in [-0.4, -0.2) is 30.6 Å². The summed E-state index contributed by atoms with van der Waals surface area (Å²) in [6.45, 7) is 0. The van der Waals surface area contributed by atoms with Crippen LogP contribution in [0, 0.1) is 11.7 Å². The molecule has 0 aliphatic carbocycles. The summed E-state index contributed by atoms with van der Waals surface area (Å²) in [5.41, 5.74) is 0.467. The molecule has 1 atom stereocenters. The molecule has 0 spiro atoms. The lowest BCUT2D eigenvalue weighted by Gasteiger charge is -2.36. The Morgan fingerprint density at radius 2 is 2.00 bits per heavy atom. The van der Waals surface area contributed by atoms with Crippen LogP contribution in [0.1, 0.15) is 12.0 Å². The normalized spacial score (nSPS) is 22.6. The van der Waals surface area contributed by atoms with Crippen molar-refractivity contribution in [3.63, 3.8) is 0 Å². The Morgan fingerprint density at radius 1 is 1.32 bits per heavy atom. The van der Waals surface area contributed by atoms with Crippen LogP contribution < -0.4 is 0 Å². The van der Waals surface area contributed by atoms with E-state index in [9.17, 15) is 12.8 Å². The van der Waals surface area contributed by atoms with Crippen LogP contribution >= 0.6 is 31.9 Å². The van der Waals surface area contributed by atoms with E-state index < -0.39 is 9.84 Å². The van der Waals surface area contributed by atoms with Crippen LogP contribution in [0.3, 0.4) is 0 Å². The molecule has 2 nitrogen and oxygen atoms in total. The van der Waals surface area contributed by atoms with Gasteiger partial charge in [0, 0.05) is 16.1 Å². The van der Waals surface area contributed by atoms with Crippen LogP contribution in [0.2, 0.25) is 0 Å². The first-order chi connectivity index (χ1) is 8.93. The average Bonchev–Trinajstić information content (AvgIpc) is 2.73. The first-order valence-corrected chi connectivity index (χ1v) is 10.1. The predicted octanol–water partition coefficient (Wildman–Crippen LogP) is 3.29. The first-order valence-electron chi connectivity index (χ1n) is 6.02. The van der Waals surface area contributed by atoms with E-state index in [1.165, 1.54) is 12.1 Å². The molecular formula is C13H15Br2FO2S. The number of hydrogen-bond acceptors (Lipinski definition) is 2. The molecule has 0 N–H and O–H groups in total. The molecule has 1 unspecified atom stereocenters. The maximum absolute atomic E-state index is 13.5. The molecule has 1 aromatic carbocycles. The van der Waals surface area contributed by atoms with Crippen molar-refractivity contribution in [2.45, 2.75) is 11.8 Å². The van der Waals surface area contributed by atoms with Crippen molar-refractivity contribution in [3.8, 4) is 0 Å². The number of rotatable bonds is 4. The molecule has 6 heteroatoms. The van der Waals surface area contributed by atoms with Gasteiger partial charge in [-0.3, -0.25) is 0 Å². The summed E-state index contributed by atoms with van der Waals surface area (Å²) in [6.07, 6.45) is 0.635. The van der Waals surface area contributed by atoms with Gasteiger partial charge in [-0.1, -0.05) is 44.0 Å². The van der Waals surface area contributed by atoms with E-state index in [2.05, 4.69) is 31.9 Å². The van der Waals surface area contributed by atoms with Crippen LogP contribution in [0.15, 0.2) is 24.3 Å². The highest BCUT2D eigenvalue weighted by Gasteiger charge is 2.44. The lowest BCUT2D eigenvalue weighted by atomic mass is 9.73. The number of halogens is 3. The second-order valence-electron chi connectivity index (χ2n) is 5.03. The summed E-state index contributed by atoms with van der Waals surface area (Å²) < 4.78 is 36.9. The van der Waals surface area contributed by atoms with Crippen molar-refractivity contribution in [1.29, 1.82) is 0 Å². The van der Waals surface area contributed by atoms with Crippen molar-refractivity contribution in [1.82, 2.24) is 0 Å². The van der Waals surface area contributed by atoms with E-state index >= 15 is 0 Å². The summed E-state index contributed by atoms with van der Waals surface area (Å²) in [6, 6.07) is 6.46. The van der Waals surface area contributed by atoms with Gasteiger partial charge in [-0.15, -0.1) is 0 Å². The minimum Gasteiger partial charge on any atom is -0.229 e. The van der Waals surface area contributed by atoms with Crippen molar-refractivity contribution in [3.05, 3.63) is 35.6 Å². The highest BCUT2D eigenvalue weighted by molar-refractivity contribution is 9.09. The molecule has 19 heavy (non-hydrogen) atoms. The lowest BCUT2D eigenvalue weighted by molar-refractivity contribution is 0.368. The Morgan fingerprint density at radius 3 is 2.47 bits per heavy atom. The minimum atomic E-state index is -2.95. The molecule has 1 fully saturated rings. The number of hydrogen-bond donors (Lipinski definition) is 0. The number of benzene rings is 1. The van der Waals surface area contributed by atoms with E-state index in [1.54, 1.807) is 6.07 Å². The van der Waals surface area contributed by atoms with Crippen molar-refractivity contribution in [2.75, 3.05) is 22.2 Å². The van der Waals surface area contributed by atoms with Gasteiger partial charge in [0.1, 0.15) is 5.82 Å². The standard InChI is InChI=1S/C13H15Br2FO2S/c14-8-13(9-15,10-2-1-3-12(16)6-10)11-4-5-19(17,18)7-11/h1-3,6,11H,4-5,7-9H2. The molecule has 1 aliphatic rings. The van der Waals surface area contributed by atoms with E-state index in [0.29, 0.717) is 17.1 Å². The van der Waals surface area contributed by atoms with Crippen molar-refractivity contribution in [2.24, 2.45) is 5.92 Å². The van der Waals surface area contributed by atoms with E-state index in [-0.39, 0.29) is 28.7 Å². The molecule has 0 radical (unpaired) electrons. The van der Waals surface area contributed by atoms with Gasteiger partial charge in [0.25, 0.3) is 0 Å². The predicted molar refractivity (Wildman–Crippen MR) is 82.4 cm³/mol. The zero-order chi connectivity index (χ0) is 14.1. The lowest BCUT2D eigenvalue weighted by Crippen LogP contribution is -2.39. The van der Waals surface area contributed by atoms with Crippen molar-refractivity contribution >= 4 is 41.7 Å². The van der Waals surface area contributed by atoms with Crippen LogP contribution in [-0.2, 0) is 15.3 Å². The third kappa shape index (κ3) is 3.05. The third-order valence-electron chi connectivity index (χ3n) is 3.89. The molecule has 1 aliphatic heterocycles. The second-order valence-corrected chi connectivity index (χ2v) is 8.38. The quantitative estimate of drug-likeness (QED) is 0.709. The van der Waals surface area contributed by atoms with Gasteiger partial charge in [-0.25, -0.2) is 12.8 Å². The zero-order valence-corrected chi connectivity index (χ0v) is 14.3. The van der Waals surface area contributed by atoms with Gasteiger partial charge in [-0.05, 0) is 30.0 Å². The first kappa shape index (κ1) is 15.4. The Labute approximate surface area is 130 Å². The maximum atomic E-state index is 13.5. The summed E-state index contributed by atoms with van der Waals surface area (Å²) in [7, 11) is -2.95. The molecule has 0 saturated carbocycles. The van der Waals surface area contributed by atoms with Crippen LogP contribution in [0.4, 0.5) is 4.39 Å². The van der Waals surface area contributed by atoms with Gasteiger partial charge in [0.15, 0.2) is 9.84 Å². The maximum Gasteiger partial charge on any atom is 0.150 e. The van der Waals surface area contributed by atoms with Gasteiger partial charge in [-0.2, -0.15) is 0 Å². The molecular weight excluding hydrogens is 399 g/mol. The summed E-state index contributed by atoms with van der Waals surface area (Å²) in [5, 5.41) is 1.21. The number of sulfone groups is 1. The Balaban J connectivity index is 2.43. The molecule has 106 valence electrons. The highest BCUT2D eigenvalue weighted by atomic mass is 79.9. The Kier molecular flexibility index (Phi) is 4.73. The molecule has 0 amide bonds. The fraction of sp³-hybridized carbons (Fsp3) is 0.538. The highest BCUT2D eigenvalue weighted by Crippen LogP contribution is 2.42. The van der Waals surface area contributed by atoms with E-state index in [4.69, 9.17) is 0 Å². The molecule has 0 bridgehead atoms. The van der Waals surface area contributed by atoms with Gasteiger partial charge < -0.3 is 0 Å². The Hall–Kier alpha value is 0.0600. The average molecular weight is 414 g/mol. The second kappa shape index (κ2) is 5.82. The zero-order valence-electron chi connectivity index (χ0n) is 10.3. The summed E-state index contributed by atoms with van der Waals surface area (Å²) >= 11 is 6.99. The van der Waals surface area contributed by atoms with Gasteiger partial charge >= 0.3 is 0 Å². The summed E-state index contributed by atoms with van der Waals surface area (Å²) in [4.78, 5) is 0. The third-order valence-corrected chi connectivity index (χ3v) is 7.66. The van der Waals surface area contributed by atoms with Gasteiger partial charge in [0.05, 0.1) is 11.5 Å². The molecule has 0 aromatic heterocycles. The van der Waals surface area contributed by atoms with E-state index in [0.717, 1.165) is 5.56 Å². The molecule has 1 aromatic rings. The fourth-order valence-electron chi connectivity index (χ4n) is 2.67. The van der Waals surface area contributed by atoms with Crippen molar-refractivity contribution < 1.29 is 12.8 Å².